The van der Waals surface area contributed by atoms with Gasteiger partial charge >= 0.3 is 6.09 Å². The molecule has 16 nitrogen and oxygen atoms in total. The number of amides is 5. The zero-order valence-electron chi connectivity index (χ0n) is 48.2. The zero-order chi connectivity index (χ0) is 57.3. The van der Waals surface area contributed by atoms with Gasteiger partial charge in [-0.3, -0.25) is 38.5 Å². The number of benzene rings is 2. The van der Waals surface area contributed by atoms with Crippen LogP contribution in [0, 0.1) is 35.5 Å². The Hall–Kier alpha value is -4.97. The summed E-state index contributed by atoms with van der Waals surface area (Å²) in [6, 6.07) is 14.7. The highest BCUT2D eigenvalue weighted by atomic mass is 32.2. The molecule has 0 saturated carbocycles. The van der Waals surface area contributed by atoms with Crippen LogP contribution in [0.3, 0.4) is 0 Å². The Bertz CT molecular complexity index is 2280. The molecule has 2 heterocycles. The number of likely N-dealkylation sites (N-methyl/N-ethyl adjacent to an activating group) is 2. The Labute approximate surface area is 463 Å². The normalized spacial score (nSPS) is 19.0. The van der Waals surface area contributed by atoms with Gasteiger partial charge in [-0.05, 0) is 72.3 Å². The highest BCUT2D eigenvalue weighted by Gasteiger charge is 2.44. The average molecular weight is 1090 g/mol. The fourth-order valence-corrected chi connectivity index (χ4v) is 12.0. The molecule has 2 saturated heterocycles. The van der Waals surface area contributed by atoms with Crippen LogP contribution in [0.4, 0.5) is 4.79 Å². The smallest absolute Gasteiger partial charge is 0.410 e. The van der Waals surface area contributed by atoms with Crippen LogP contribution >= 0.6 is 11.8 Å². The van der Waals surface area contributed by atoms with Gasteiger partial charge in [0.05, 0.1) is 48.1 Å². The number of aliphatic hydroxyl groups excluding tert-OH is 1. The fourth-order valence-electron chi connectivity index (χ4n) is 11.3. The number of carbonyl (C=O) groups is 8. The Morgan fingerprint density at radius 3 is 1.99 bits per heavy atom. The molecule has 1 N–H and O–H groups in total. The topological polar surface area (TPSA) is 197 Å². The van der Waals surface area contributed by atoms with Gasteiger partial charge in [0, 0.05) is 85.3 Å². The Kier molecular flexibility index (Phi) is 26.0. The number of rotatable bonds is 32. The molecule has 2 aliphatic heterocycles. The van der Waals surface area contributed by atoms with Crippen molar-refractivity contribution >= 4 is 58.8 Å². The number of nitrogens with zero attached hydrogens (tertiary/aromatic N) is 4. The number of hydrogen-bond acceptors (Lipinski definition) is 13. The van der Waals surface area contributed by atoms with Gasteiger partial charge in [0.25, 0.3) is 0 Å². The molecule has 0 radical (unpaired) electrons. The number of carbonyl (C=O) groups excluding carboxylic acids is 8. The molecule has 1 unspecified atom stereocenters. The van der Waals surface area contributed by atoms with Gasteiger partial charge in [-0.15, -0.1) is 0 Å². The van der Waals surface area contributed by atoms with Crippen molar-refractivity contribution in [2.45, 2.75) is 174 Å². The second kappa shape index (κ2) is 31.0. The highest BCUT2D eigenvalue weighted by Crippen LogP contribution is 2.33. The monoisotopic (exact) mass is 1090 g/mol. The van der Waals surface area contributed by atoms with Crippen LogP contribution in [-0.4, -0.2) is 155 Å². The lowest BCUT2D eigenvalue weighted by atomic mass is 9.84. The van der Waals surface area contributed by atoms with E-state index in [1.54, 1.807) is 36.1 Å². The van der Waals surface area contributed by atoms with Gasteiger partial charge in [0.1, 0.15) is 18.2 Å². The van der Waals surface area contributed by atoms with Crippen LogP contribution in [0.15, 0.2) is 54.6 Å². The first kappa shape index (κ1) is 64.6. The molecule has 0 spiro atoms. The van der Waals surface area contributed by atoms with Crippen LogP contribution < -0.4 is 0 Å². The summed E-state index contributed by atoms with van der Waals surface area (Å²) in [6.07, 6.45) is 3.40. The lowest BCUT2D eigenvalue weighted by Gasteiger charge is -2.40. The first-order valence-electron chi connectivity index (χ1n) is 27.7. The summed E-state index contributed by atoms with van der Waals surface area (Å²) in [6.45, 7) is 15.9. The van der Waals surface area contributed by atoms with Gasteiger partial charge in [-0.25, -0.2) is 4.79 Å². The summed E-state index contributed by atoms with van der Waals surface area (Å²) < 4.78 is 17.7. The number of thioether (sulfide) groups is 1. The van der Waals surface area contributed by atoms with Crippen molar-refractivity contribution in [1.82, 2.24) is 19.6 Å². The van der Waals surface area contributed by atoms with Gasteiger partial charge < -0.3 is 34.0 Å². The van der Waals surface area contributed by atoms with Gasteiger partial charge in [-0.2, -0.15) is 11.8 Å². The van der Waals surface area contributed by atoms with Crippen LogP contribution in [-0.2, 0) is 60.8 Å². The van der Waals surface area contributed by atoms with Gasteiger partial charge in [0.15, 0.2) is 5.78 Å². The molecule has 428 valence electrons. The average Bonchev–Trinajstić information content (AvgIpc) is 3.99. The van der Waals surface area contributed by atoms with E-state index < -0.39 is 48.3 Å². The van der Waals surface area contributed by atoms with E-state index in [1.807, 2.05) is 104 Å². The van der Waals surface area contributed by atoms with Gasteiger partial charge in [0.2, 0.25) is 23.6 Å². The zero-order valence-corrected chi connectivity index (χ0v) is 49.1. The molecule has 0 aromatic heterocycles. The van der Waals surface area contributed by atoms with Crippen molar-refractivity contribution in [1.29, 1.82) is 0 Å². The summed E-state index contributed by atoms with van der Waals surface area (Å²) in [5.74, 6) is -3.27. The minimum Gasteiger partial charge on any atom is -0.445 e. The molecular weight excluding hydrogens is 1000 g/mol. The predicted octanol–water partition coefficient (Wildman–Crippen LogP) is 8.53. The number of ketones is 3. The maximum Gasteiger partial charge on any atom is 0.410 e. The number of likely N-dealkylation sites (tertiary alicyclic amines) is 2. The first-order valence-corrected chi connectivity index (χ1v) is 29.0. The molecule has 4 rings (SSSR count). The Morgan fingerprint density at radius 2 is 1.42 bits per heavy atom. The van der Waals surface area contributed by atoms with Crippen molar-refractivity contribution in [3.8, 4) is 0 Å². The minimum atomic E-state index is -0.884. The van der Waals surface area contributed by atoms with Crippen LogP contribution in [0.1, 0.15) is 142 Å². The van der Waals surface area contributed by atoms with E-state index in [1.165, 1.54) is 35.7 Å². The number of imide groups is 1. The van der Waals surface area contributed by atoms with E-state index in [2.05, 4.69) is 0 Å². The third-order valence-corrected chi connectivity index (χ3v) is 16.8. The molecule has 77 heavy (non-hydrogen) atoms. The third-order valence-electron chi connectivity index (χ3n) is 15.8. The van der Waals surface area contributed by atoms with Crippen molar-refractivity contribution in [2.75, 3.05) is 47.7 Å². The van der Waals surface area contributed by atoms with E-state index in [-0.39, 0.29) is 115 Å². The van der Waals surface area contributed by atoms with Crippen molar-refractivity contribution in [3.05, 3.63) is 71.3 Å². The highest BCUT2D eigenvalue weighted by molar-refractivity contribution is 8.00. The number of ether oxygens (including phenoxy) is 3. The second-order valence-corrected chi connectivity index (χ2v) is 23.5. The number of hydrogen-bond donors (Lipinski definition) is 1. The van der Waals surface area contributed by atoms with E-state index in [0.717, 1.165) is 24.0 Å². The third kappa shape index (κ3) is 17.8. The predicted molar refractivity (Wildman–Crippen MR) is 298 cm³/mol. The van der Waals surface area contributed by atoms with Crippen molar-refractivity contribution < 1.29 is 57.7 Å². The number of aliphatic hydroxyl groups is 1. The molecule has 0 aliphatic carbocycles. The first-order chi connectivity index (χ1) is 36.5. The number of unbranched alkanes of at least 4 members (excludes halogenated alkanes) is 2. The summed E-state index contributed by atoms with van der Waals surface area (Å²) in [5.41, 5.74) is 2.28. The molecule has 0 bridgehead atoms. The molecule has 2 aromatic carbocycles. The summed E-state index contributed by atoms with van der Waals surface area (Å²) in [5, 5.41) is 10.7. The van der Waals surface area contributed by atoms with Crippen LogP contribution in [0.2, 0.25) is 0 Å². The molecular formula is C60H90N4O12S. The maximum absolute atomic E-state index is 14.6. The summed E-state index contributed by atoms with van der Waals surface area (Å²) in [4.78, 5) is 114. The van der Waals surface area contributed by atoms with Crippen molar-refractivity contribution in [2.24, 2.45) is 35.5 Å². The Morgan fingerprint density at radius 1 is 0.766 bits per heavy atom. The lowest BCUT2D eigenvalue weighted by molar-refractivity contribution is -0.149. The van der Waals surface area contributed by atoms with Crippen molar-refractivity contribution in [3.63, 3.8) is 0 Å². The fraction of sp³-hybridized carbons (Fsp3) is 0.667. The Balaban J connectivity index is 1.32. The van der Waals surface area contributed by atoms with Crippen LogP contribution in [0.5, 0.6) is 0 Å². The standard InChI is InChI=1S/C60H90N4O12S/c1-37(2)46(33-49(67)54(38(3)4)62(10)60(73)76-36-43-27-25-42(26-28-43)32-45(65)23-18-15-19-29-64-53(69)35-51(77-13)59(64)72)58(71)61(9)55(39(5)6)50(74-11)34-52(68)63-30-20-24-47(63)57(75-12)41(8)48(66)31-40(7)56(70)44-21-16-14-17-22-44/h14,16-17,21-22,25-28,37-41,46-47,50-51,54-57,70H,15,18-20,23-24,29-36H2,1-13H3/t40-,41-,46-,47-,50+,51?,54-,55-,56+,57+/m0/s1. The number of methoxy groups -OCH3 is 2. The van der Waals surface area contributed by atoms with E-state index >= 15 is 0 Å². The van der Waals surface area contributed by atoms with Crippen LogP contribution in [0.25, 0.3) is 0 Å². The SMILES string of the molecule is CO[C@H]([C@@H](C)C(=O)C[C@H](C)[C@@H](O)c1ccccc1)[C@@H]1CCCN1C(=O)C[C@@H](OC)[C@H](C(C)C)N(C)C(=O)[C@@H](CC(=O)[C@H](C(C)C)N(C)C(=O)OCc1ccc(CC(=O)CCCCCN2C(=O)CC(SC)C2=O)cc1)C(C)C. The molecule has 5 amide bonds. The molecule has 10 atom stereocenters. The van der Waals surface area contributed by atoms with E-state index in [0.29, 0.717) is 44.3 Å². The minimum absolute atomic E-state index is 0.0271. The summed E-state index contributed by atoms with van der Waals surface area (Å²) >= 11 is 1.40. The second-order valence-electron chi connectivity index (χ2n) is 22.5. The molecule has 2 aliphatic rings. The van der Waals surface area contributed by atoms with E-state index in [9.17, 15) is 43.5 Å². The summed E-state index contributed by atoms with van der Waals surface area (Å²) in [7, 11) is 6.30. The quantitative estimate of drug-likeness (QED) is 0.0541. The molecule has 2 fully saturated rings. The van der Waals surface area contributed by atoms with Gasteiger partial charge in [-0.1, -0.05) is 116 Å². The molecule has 17 heteroatoms. The lowest BCUT2D eigenvalue weighted by Crippen LogP contribution is -2.54. The number of Topliss-reactive ketones (excluding diaryl/α,β-unsaturated/α-hetero) is 3. The molecule has 2 aromatic rings. The largest absolute Gasteiger partial charge is 0.445 e. The van der Waals surface area contributed by atoms with E-state index in [4.69, 9.17) is 14.2 Å². The maximum atomic E-state index is 14.6.